The number of hydrogen-bond donors (Lipinski definition) is 1. The highest BCUT2D eigenvalue weighted by Crippen LogP contribution is 2.29. The normalized spacial score (nSPS) is 24.8. The Labute approximate surface area is 110 Å². The van der Waals surface area contributed by atoms with E-state index in [9.17, 15) is 4.79 Å². The summed E-state index contributed by atoms with van der Waals surface area (Å²) in [5.41, 5.74) is 6.11. The van der Waals surface area contributed by atoms with Crippen LogP contribution in [0.3, 0.4) is 0 Å². The average Bonchev–Trinajstić information content (AvgIpc) is 2.39. The summed E-state index contributed by atoms with van der Waals surface area (Å²) in [4.78, 5) is 14.2. The molecule has 1 amide bonds. The van der Waals surface area contributed by atoms with Gasteiger partial charge in [-0.25, -0.2) is 0 Å². The molecule has 1 aliphatic heterocycles. The number of rotatable bonds is 3. The molecular formula is C14H26N2O2. The number of amides is 1. The van der Waals surface area contributed by atoms with Crippen LogP contribution >= 0.6 is 0 Å². The van der Waals surface area contributed by atoms with Crippen molar-refractivity contribution in [3.8, 4) is 0 Å². The standard InChI is InChI=1S/C14H26N2O2/c1-16(12-5-9-18-10-6-12)13(17)11-14(15)7-3-2-4-8-14/h12H,2-11,15H2,1H3. The first-order valence-corrected chi connectivity index (χ1v) is 7.23. The molecule has 0 bridgehead atoms. The highest BCUT2D eigenvalue weighted by Gasteiger charge is 2.32. The van der Waals surface area contributed by atoms with E-state index in [1.807, 2.05) is 11.9 Å². The molecule has 1 heterocycles. The Morgan fingerprint density at radius 1 is 1.28 bits per heavy atom. The minimum atomic E-state index is -0.241. The molecule has 2 aliphatic rings. The summed E-state index contributed by atoms with van der Waals surface area (Å²) in [7, 11) is 1.92. The maximum Gasteiger partial charge on any atom is 0.224 e. The maximum atomic E-state index is 12.3. The fourth-order valence-corrected chi connectivity index (χ4v) is 3.13. The van der Waals surface area contributed by atoms with Crippen LogP contribution in [0.15, 0.2) is 0 Å². The van der Waals surface area contributed by atoms with Gasteiger partial charge in [-0.1, -0.05) is 19.3 Å². The van der Waals surface area contributed by atoms with Gasteiger partial charge in [-0.3, -0.25) is 4.79 Å². The van der Waals surface area contributed by atoms with Crippen molar-refractivity contribution in [1.29, 1.82) is 0 Å². The first-order chi connectivity index (χ1) is 8.61. The Kier molecular flexibility index (Phi) is 4.62. The van der Waals surface area contributed by atoms with E-state index in [-0.39, 0.29) is 11.4 Å². The molecular weight excluding hydrogens is 228 g/mol. The van der Waals surface area contributed by atoms with Crippen molar-refractivity contribution in [2.45, 2.75) is 62.9 Å². The summed E-state index contributed by atoms with van der Waals surface area (Å²) < 4.78 is 5.34. The third-order valence-corrected chi connectivity index (χ3v) is 4.48. The monoisotopic (exact) mass is 254 g/mol. The van der Waals surface area contributed by atoms with E-state index >= 15 is 0 Å². The van der Waals surface area contributed by atoms with Crippen molar-refractivity contribution < 1.29 is 9.53 Å². The Balaban J connectivity index is 1.85. The van der Waals surface area contributed by atoms with Crippen LogP contribution in [0.2, 0.25) is 0 Å². The predicted octanol–water partition coefficient (Wildman–Crippen LogP) is 1.68. The van der Waals surface area contributed by atoms with Gasteiger partial charge in [0.15, 0.2) is 0 Å². The molecule has 2 N–H and O–H groups in total. The highest BCUT2D eigenvalue weighted by atomic mass is 16.5. The zero-order chi connectivity index (χ0) is 13.0. The van der Waals surface area contributed by atoms with E-state index in [1.54, 1.807) is 0 Å². The van der Waals surface area contributed by atoms with Crippen LogP contribution in [0, 0.1) is 0 Å². The molecule has 0 aromatic carbocycles. The van der Waals surface area contributed by atoms with Crippen molar-refractivity contribution >= 4 is 5.91 Å². The van der Waals surface area contributed by atoms with E-state index in [2.05, 4.69) is 0 Å². The Morgan fingerprint density at radius 3 is 2.50 bits per heavy atom. The smallest absolute Gasteiger partial charge is 0.224 e. The molecule has 4 nitrogen and oxygen atoms in total. The van der Waals surface area contributed by atoms with Gasteiger partial charge in [-0.15, -0.1) is 0 Å². The van der Waals surface area contributed by atoms with Gasteiger partial charge in [0.1, 0.15) is 0 Å². The molecule has 1 saturated carbocycles. The van der Waals surface area contributed by atoms with Crippen LogP contribution in [0.25, 0.3) is 0 Å². The third-order valence-electron chi connectivity index (χ3n) is 4.48. The van der Waals surface area contributed by atoms with Gasteiger partial charge in [-0.2, -0.15) is 0 Å². The van der Waals surface area contributed by atoms with Crippen LogP contribution in [-0.4, -0.2) is 42.6 Å². The fraction of sp³-hybridized carbons (Fsp3) is 0.929. The Morgan fingerprint density at radius 2 is 1.89 bits per heavy atom. The summed E-state index contributed by atoms with van der Waals surface area (Å²) >= 11 is 0. The molecule has 0 aromatic heterocycles. The van der Waals surface area contributed by atoms with E-state index in [1.165, 1.54) is 19.3 Å². The van der Waals surface area contributed by atoms with Crippen LogP contribution in [0.1, 0.15) is 51.4 Å². The van der Waals surface area contributed by atoms with Crippen LogP contribution < -0.4 is 5.73 Å². The number of nitrogens with two attached hydrogens (primary N) is 1. The predicted molar refractivity (Wildman–Crippen MR) is 71.2 cm³/mol. The van der Waals surface area contributed by atoms with Gasteiger partial charge in [0.05, 0.1) is 0 Å². The van der Waals surface area contributed by atoms with E-state index in [4.69, 9.17) is 10.5 Å². The SMILES string of the molecule is CN(C(=O)CC1(N)CCCCC1)C1CCOCC1. The molecule has 2 rings (SSSR count). The molecule has 0 radical (unpaired) electrons. The molecule has 1 saturated heterocycles. The number of carbonyl (C=O) groups is 1. The summed E-state index contributed by atoms with van der Waals surface area (Å²) in [5.74, 6) is 0.214. The quantitative estimate of drug-likeness (QED) is 0.833. The van der Waals surface area contributed by atoms with Crippen molar-refractivity contribution in [2.24, 2.45) is 5.73 Å². The van der Waals surface area contributed by atoms with Gasteiger partial charge in [0, 0.05) is 38.3 Å². The second-order valence-electron chi connectivity index (χ2n) is 5.95. The van der Waals surface area contributed by atoms with Crippen LogP contribution in [0.4, 0.5) is 0 Å². The average molecular weight is 254 g/mol. The van der Waals surface area contributed by atoms with Gasteiger partial charge in [-0.05, 0) is 25.7 Å². The lowest BCUT2D eigenvalue weighted by atomic mass is 9.80. The van der Waals surface area contributed by atoms with Gasteiger partial charge >= 0.3 is 0 Å². The fourth-order valence-electron chi connectivity index (χ4n) is 3.13. The van der Waals surface area contributed by atoms with Crippen molar-refractivity contribution in [3.05, 3.63) is 0 Å². The largest absolute Gasteiger partial charge is 0.381 e. The molecule has 0 aromatic rings. The molecule has 0 unspecified atom stereocenters. The van der Waals surface area contributed by atoms with E-state index in [0.717, 1.165) is 38.9 Å². The second-order valence-corrected chi connectivity index (χ2v) is 5.95. The minimum Gasteiger partial charge on any atom is -0.381 e. The van der Waals surface area contributed by atoms with Gasteiger partial charge in [0.25, 0.3) is 0 Å². The van der Waals surface area contributed by atoms with Crippen molar-refractivity contribution in [3.63, 3.8) is 0 Å². The van der Waals surface area contributed by atoms with E-state index < -0.39 is 0 Å². The molecule has 1 aliphatic carbocycles. The highest BCUT2D eigenvalue weighted by molar-refractivity contribution is 5.77. The second kappa shape index (κ2) is 6.02. The zero-order valence-electron chi connectivity index (χ0n) is 11.5. The van der Waals surface area contributed by atoms with Gasteiger partial charge < -0.3 is 15.4 Å². The molecule has 0 atom stereocenters. The lowest BCUT2D eigenvalue weighted by molar-refractivity contribution is -0.135. The third kappa shape index (κ3) is 3.45. The molecule has 18 heavy (non-hydrogen) atoms. The maximum absolute atomic E-state index is 12.3. The van der Waals surface area contributed by atoms with Crippen molar-refractivity contribution in [1.82, 2.24) is 4.90 Å². The molecule has 104 valence electrons. The van der Waals surface area contributed by atoms with Gasteiger partial charge in [0.2, 0.25) is 5.91 Å². The van der Waals surface area contributed by atoms with Crippen LogP contribution in [0.5, 0.6) is 0 Å². The summed E-state index contributed by atoms with van der Waals surface area (Å²) in [6.07, 6.45) is 8.04. The van der Waals surface area contributed by atoms with E-state index in [0.29, 0.717) is 12.5 Å². The zero-order valence-corrected chi connectivity index (χ0v) is 11.5. The minimum absolute atomic E-state index is 0.214. The Bertz CT molecular complexity index is 282. The summed E-state index contributed by atoms with van der Waals surface area (Å²) in [6.45, 7) is 1.55. The number of ether oxygens (including phenoxy) is 1. The lowest BCUT2D eigenvalue weighted by Gasteiger charge is -2.37. The summed E-state index contributed by atoms with van der Waals surface area (Å²) in [6, 6.07) is 0.346. The molecule has 2 fully saturated rings. The first-order valence-electron chi connectivity index (χ1n) is 7.23. The number of nitrogens with zero attached hydrogens (tertiary/aromatic N) is 1. The Hall–Kier alpha value is -0.610. The van der Waals surface area contributed by atoms with Crippen molar-refractivity contribution in [2.75, 3.05) is 20.3 Å². The first kappa shape index (κ1) is 13.8. The molecule has 4 heteroatoms. The van der Waals surface area contributed by atoms with Crippen LogP contribution in [-0.2, 0) is 9.53 Å². The molecule has 0 spiro atoms. The topological polar surface area (TPSA) is 55.6 Å². The number of carbonyl (C=O) groups excluding carboxylic acids is 1. The lowest BCUT2D eigenvalue weighted by Crippen LogP contribution is -2.49. The summed E-state index contributed by atoms with van der Waals surface area (Å²) in [5, 5.41) is 0. The number of hydrogen-bond acceptors (Lipinski definition) is 3.